The Hall–Kier alpha value is -4.48. The van der Waals surface area contributed by atoms with Gasteiger partial charge in [-0.2, -0.15) is 0 Å². The number of carbonyl (C=O) groups is 4. The van der Waals surface area contributed by atoms with Crippen molar-refractivity contribution in [2.45, 2.75) is 64.7 Å². The predicted molar refractivity (Wildman–Crippen MR) is 162 cm³/mol. The minimum Gasteiger partial charge on any atom is -0.463 e. The first-order valence-corrected chi connectivity index (χ1v) is 15.3. The molecule has 0 atom stereocenters. The summed E-state index contributed by atoms with van der Waals surface area (Å²) in [6, 6.07) is 14.7. The van der Waals surface area contributed by atoms with Gasteiger partial charge in [0.25, 0.3) is 11.3 Å². The van der Waals surface area contributed by atoms with Crippen molar-refractivity contribution in [3.8, 4) is 0 Å². The van der Waals surface area contributed by atoms with Gasteiger partial charge in [-0.3, -0.25) is 19.6 Å². The van der Waals surface area contributed by atoms with Crippen LogP contribution in [0.5, 0.6) is 0 Å². The summed E-state index contributed by atoms with van der Waals surface area (Å²) < 4.78 is 11.2. The summed E-state index contributed by atoms with van der Waals surface area (Å²) in [7, 11) is 0. The van der Waals surface area contributed by atoms with Gasteiger partial charge in [0.2, 0.25) is 0 Å². The molecule has 234 valence electrons. The van der Waals surface area contributed by atoms with Crippen LogP contribution < -0.4 is 9.80 Å². The lowest BCUT2D eigenvalue weighted by Gasteiger charge is -2.51. The fourth-order valence-corrected chi connectivity index (χ4v) is 6.97. The fraction of sp³-hybridized carbons (Fsp3) is 0.500. The number of carbonyl (C=O) groups excluding carboxylic acids is 4. The normalized spacial score (nSPS) is 24.1. The molecular weight excluding hydrogens is 564 g/mol. The molecule has 4 heterocycles. The number of anilines is 2. The van der Waals surface area contributed by atoms with Gasteiger partial charge >= 0.3 is 24.0 Å². The summed E-state index contributed by atoms with van der Waals surface area (Å²) >= 11 is 0. The smallest absolute Gasteiger partial charge is 0.359 e. The molecule has 2 aromatic rings. The van der Waals surface area contributed by atoms with Crippen LogP contribution in [0.25, 0.3) is 0 Å². The van der Waals surface area contributed by atoms with E-state index in [4.69, 9.17) is 9.47 Å². The molecule has 12 nitrogen and oxygen atoms in total. The third kappa shape index (κ3) is 3.82. The Morgan fingerprint density at radius 1 is 0.614 bits per heavy atom. The van der Waals surface area contributed by atoms with Crippen molar-refractivity contribution in [3.05, 3.63) is 59.7 Å². The van der Waals surface area contributed by atoms with Gasteiger partial charge in [-0.15, -0.1) is 0 Å². The highest BCUT2D eigenvalue weighted by Crippen LogP contribution is 2.56. The SMILES string of the molecule is CCOC(=O)C12N3CN(c4ccc(C(C)C)cc4)CN1C(=O)N1CN(c4ccc(C(C)C)cc4)CN(C3=O)C12C(=O)OCC. The molecule has 4 saturated heterocycles. The number of rotatable bonds is 8. The number of amides is 4. The number of nitrogens with zero attached hydrogens (tertiary/aromatic N) is 6. The van der Waals surface area contributed by atoms with Crippen LogP contribution in [0.3, 0.4) is 0 Å². The number of hydrogen-bond acceptors (Lipinski definition) is 8. The van der Waals surface area contributed by atoms with E-state index in [0.717, 1.165) is 22.5 Å². The monoisotopic (exact) mass is 604 g/mol. The minimum atomic E-state index is -2.08. The molecule has 0 spiro atoms. The topological polar surface area (TPSA) is 106 Å². The first-order chi connectivity index (χ1) is 21.0. The van der Waals surface area contributed by atoms with Crippen LogP contribution in [0, 0.1) is 0 Å². The molecule has 4 amide bonds. The molecule has 44 heavy (non-hydrogen) atoms. The van der Waals surface area contributed by atoms with Crippen molar-refractivity contribution in [3.63, 3.8) is 0 Å². The Labute approximate surface area is 257 Å². The van der Waals surface area contributed by atoms with Gasteiger partial charge in [0.05, 0.1) is 39.9 Å². The van der Waals surface area contributed by atoms with E-state index >= 15 is 0 Å². The van der Waals surface area contributed by atoms with Gasteiger partial charge < -0.3 is 19.3 Å². The van der Waals surface area contributed by atoms with Gasteiger partial charge in [-0.25, -0.2) is 19.2 Å². The lowest BCUT2D eigenvalue weighted by molar-refractivity contribution is -0.194. The molecule has 6 rings (SSSR count). The van der Waals surface area contributed by atoms with E-state index in [1.807, 2.05) is 58.3 Å². The fourth-order valence-electron chi connectivity index (χ4n) is 6.97. The Kier molecular flexibility index (Phi) is 7.13. The third-order valence-electron chi connectivity index (χ3n) is 9.19. The molecule has 4 fully saturated rings. The maximum atomic E-state index is 14.5. The summed E-state index contributed by atoms with van der Waals surface area (Å²) in [6.45, 7) is 11.5. The number of benzene rings is 2. The van der Waals surface area contributed by atoms with E-state index in [9.17, 15) is 19.2 Å². The second-order valence-corrected chi connectivity index (χ2v) is 12.2. The molecule has 0 radical (unpaired) electrons. The maximum absolute atomic E-state index is 14.5. The standard InChI is InChI=1S/C32H40N6O6/c1-7-43-27(39)31-32(28(40)44-8-2)37-19-34(26-15-11-24(12-16-26)22(5)6)20-38(32)30(42)36(31)18-33(17-35(31)29(37)41)25-13-9-23(10-14-25)21(3)4/h9-16,21-22H,7-8,17-20H2,1-6H3. The number of urea groups is 2. The van der Waals surface area contributed by atoms with Crippen molar-refractivity contribution in [2.24, 2.45) is 0 Å². The van der Waals surface area contributed by atoms with Crippen LogP contribution in [-0.4, -0.2) is 94.8 Å². The van der Waals surface area contributed by atoms with E-state index in [-0.39, 0.29) is 39.9 Å². The summed E-state index contributed by atoms with van der Waals surface area (Å²) in [6.07, 6.45) is 0. The van der Waals surface area contributed by atoms with E-state index in [1.54, 1.807) is 13.8 Å². The Bertz CT molecular complexity index is 1330. The lowest BCUT2D eigenvalue weighted by atomic mass is 9.89. The van der Waals surface area contributed by atoms with Crippen LogP contribution in [0.4, 0.5) is 21.0 Å². The second-order valence-electron chi connectivity index (χ2n) is 12.2. The lowest BCUT2D eigenvalue weighted by Crippen LogP contribution is -2.80. The highest BCUT2D eigenvalue weighted by molar-refractivity contribution is 6.10. The average Bonchev–Trinajstić information content (AvgIpc) is 3.40. The van der Waals surface area contributed by atoms with Crippen LogP contribution in [-0.2, 0) is 19.1 Å². The second kappa shape index (κ2) is 10.6. The largest absolute Gasteiger partial charge is 0.463 e. The maximum Gasteiger partial charge on any atom is 0.359 e. The molecule has 0 bridgehead atoms. The molecule has 0 aromatic heterocycles. The zero-order valence-electron chi connectivity index (χ0n) is 26.1. The Morgan fingerprint density at radius 2 is 0.909 bits per heavy atom. The molecule has 0 saturated carbocycles. The summed E-state index contributed by atoms with van der Waals surface area (Å²) in [5, 5.41) is 0. The van der Waals surface area contributed by atoms with Crippen molar-refractivity contribution in [2.75, 3.05) is 49.7 Å². The van der Waals surface area contributed by atoms with Crippen molar-refractivity contribution >= 4 is 35.4 Å². The van der Waals surface area contributed by atoms with Gasteiger partial charge in [0.15, 0.2) is 0 Å². The predicted octanol–water partition coefficient (Wildman–Crippen LogP) is 4.10. The first-order valence-electron chi connectivity index (χ1n) is 15.3. The first kappa shape index (κ1) is 29.6. The molecule has 4 aliphatic rings. The van der Waals surface area contributed by atoms with E-state index < -0.39 is 35.3 Å². The average molecular weight is 605 g/mol. The van der Waals surface area contributed by atoms with Crippen molar-refractivity contribution < 1.29 is 28.7 Å². The molecule has 4 aliphatic heterocycles. The number of esters is 2. The Morgan fingerprint density at radius 3 is 1.16 bits per heavy atom. The summed E-state index contributed by atoms with van der Waals surface area (Å²) in [5.41, 5.74) is -0.312. The van der Waals surface area contributed by atoms with E-state index in [2.05, 4.69) is 27.7 Å². The highest BCUT2D eigenvalue weighted by atomic mass is 16.6. The zero-order chi connectivity index (χ0) is 31.6. The summed E-state index contributed by atoms with van der Waals surface area (Å²) in [4.78, 5) is 66.4. The van der Waals surface area contributed by atoms with E-state index in [0.29, 0.717) is 11.8 Å². The van der Waals surface area contributed by atoms with Crippen LogP contribution in [0.1, 0.15) is 64.5 Å². The van der Waals surface area contributed by atoms with Gasteiger partial charge in [0.1, 0.15) is 0 Å². The van der Waals surface area contributed by atoms with Crippen LogP contribution in [0.15, 0.2) is 48.5 Å². The highest BCUT2D eigenvalue weighted by Gasteiger charge is 2.89. The molecular formula is C32H40N6O6. The zero-order valence-corrected chi connectivity index (χ0v) is 26.1. The van der Waals surface area contributed by atoms with Crippen LogP contribution in [0.2, 0.25) is 0 Å². The quantitative estimate of drug-likeness (QED) is 0.415. The molecule has 12 heteroatoms. The van der Waals surface area contributed by atoms with Gasteiger partial charge in [0, 0.05) is 11.4 Å². The third-order valence-corrected chi connectivity index (χ3v) is 9.19. The molecule has 0 unspecified atom stereocenters. The van der Waals surface area contributed by atoms with E-state index in [1.165, 1.54) is 19.6 Å². The van der Waals surface area contributed by atoms with Crippen molar-refractivity contribution in [1.82, 2.24) is 19.6 Å². The molecule has 2 aromatic carbocycles. The number of ether oxygens (including phenoxy) is 2. The van der Waals surface area contributed by atoms with Crippen LogP contribution >= 0.6 is 0 Å². The van der Waals surface area contributed by atoms with Crippen molar-refractivity contribution in [1.29, 1.82) is 0 Å². The minimum absolute atomic E-state index is 0.00173. The Balaban J connectivity index is 1.49. The van der Waals surface area contributed by atoms with Gasteiger partial charge in [-0.05, 0) is 61.1 Å². The molecule has 0 N–H and O–H groups in total. The number of hydrogen-bond donors (Lipinski definition) is 0. The molecule has 0 aliphatic carbocycles. The van der Waals surface area contributed by atoms with Gasteiger partial charge in [-0.1, -0.05) is 52.0 Å². The summed E-state index contributed by atoms with van der Waals surface area (Å²) in [5.74, 6) is -1.03.